The quantitative estimate of drug-likeness (QED) is 0.844. The van der Waals surface area contributed by atoms with Crippen molar-refractivity contribution in [3.8, 4) is 0 Å². The van der Waals surface area contributed by atoms with Crippen LogP contribution < -0.4 is 0 Å². The summed E-state index contributed by atoms with van der Waals surface area (Å²) < 4.78 is 6.00. The van der Waals surface area contributed by atoms with Gasteiger partial charge in [-0.05, 0) is 43.4 Å². The maximum Gasteiger partial charge on any atom is 0.308 e. The normalized spacial score (nSPS) is 32.1. The third-order valence-electron chi connectivity index (χ3n) is 5.51. The zero-order chi connectivity index (χ0) is 17.0. The van der Waals surface area contributed by atoms with Crippen LogP contribution in [0, 0.1) is 23.7 Å². The molecule has 1 aliphatic heterocycles. The molecule has 4 unspecified atom stereocenters. The number of aliphatic carboxylic acids is 1. The van der Waals surface area contributed by atoms with E-state index in [4.69, 9.17) is 9.84 Å². The third-order valence-corrected chi connectivity index (χ3v) is 5.51. The van der Waals surface area contributed by atoms with Crippen molar-refractivity contribution < 1.29 is 19.4 Å². The van der Waals surface area contributed by atoms with E-state index in [0.29, 0.717) is 37.3 Å². The zero-order valence-corrected chi connectivity index (χ0v) is 14.7. The summed E-state index contributed by atoms with van der Waals surface area (Å²) in [6, 6.07) is 0. The van der Waals surface area contributed by atoms with E-state index in [2.05, 4.69) is 20.8 Å². The minimum Gasteiger partial charge on any atom is -0.481 e. The molecular formula is C18H31NO4. The summed E-state index contributed by atoms with van der Waals surface area (Å²) in [4.78, 5) is 25.2. The largest absolute Gasteiger partial charge is 0.481 e. The predicted octanol–water partition coefficient (Wildman–Crippen LogP) is 2.79. The van der Waals surface area contributed by atoms with Crippen LogP contribution in [0.15, 0.2) is 0 Å². The SMILES string of the molecule is CC1CCC(C(C)C)C(OCC(=O)N2CCCC(C(=O)O)C2)C1. The monoisotopic (exact) mass is 325 g/mol. The first-order valence-electron chi connectivity index (χ1n) is 9.00. The van der Waals surface area contributed by atoms with Gasteiger partial charge in [-0.1, -0.05) is 27.2 Å². The lowest BCUT2D eigenvalue weighted by atomic mass is 9.75. The second-order valence-electron chi connectivity index (χ2n) is 7.69. The number of likely N-dealkylation sites (tertiary alicyclic amines) is 1. The number of hydrogen-bond donors (Lipinski definition) is 1. The Hall–Kier alpha value is -1.10. The molecule has 23 heavy (non-hydrogen) atoms. The molecule has 0 aromatic heterocycles. The molecule has 1 N–H and O–H groups in total. The zero-order valence-electron chi connectivity index (χ0n) is 14.7. The van der Waals surface area contributed by atoms with Crippen LogP contribution in [0.1, 0.15) is 52.9 Å². The molecule has 0 radical (unpaired) electrons. The topological polar surface area (TPSA) is 66.8 Å². The molecule has 1 heterocycles. The van der Waals surface area contributed by atoms with Crippen LogP contribution in [0.5, 0.6) is 0 Å². The molecule has 2 fully saturated rings. The second-order valence-corrected chi connectivity index (χ2v) is 7.69. The lowest BCUT2D eigenvalue weighted by molar-refractivity contribution is -0.149. The number of carboxylic acids is 1. The Kier molecular flexibility index (Phi) is 6.45. The Morgan fingerprint density at radius 3 is 2.65 bits per heavy atom. The predicted molar refractivity (Wildman–Crippen MR) is 88.0 cm³/mol. The summed E-state index contributed by atoms with van der Waals surface area (Å²) in [6.45, 7) is 7.76. The fourth-order valence-corrected chi connectivity index (χ4v) is 3.98. The smallest absolute Gasteiger partial charge is 0.308 e. The Morgan fingerprint density at radius 1 is 1.26 bits per heavy atom. The lowest BCUT2D eigenvalue weighted by Gasteiger charge is -2.37. The number of carbonyl (C=O) groups excluding carboxylic acids is 1. The number of nitrogens with zero attached hydrogens (tertiary/aromatic N) is 1. The average Bonchev–Trinajstić information content (AvgIpc) is 2.52. The first-order chi connectivity index (χ1) is 10.9. The van der Waals surface area contributed by atoms with Gasteiger partial charge < -0.3 is 14.7 Å². The molecule has 4 atom stereocenters. The maximum absolute atomic E-state index is 12.4. The van der Waals surface area contributed by atoms with E-state index in [-0.39, 0.29) is 18.6 Å². The van der Waals surface area contributed by atoms with Crippen molar-refractivity contribution in [1.82, 2.24) is 4.90 Å². The van der Waals surface area contributed by atoms with Gasteiger partial charge in [-0.3, -0.25) is 9.59 Å². The molecule has 0 aromatic carbocycles. The van der Waals surface area contributed by atoms with Crippen LogP contribution in [-0.2, 0) is 14.3 Å². The van der Waals surface area contributed by atoms with Crippen LogP contribution in [-0.4, -0.2) is 47.7 Å². The minimum absolute atomic E-state index is 0.0586. The molecule has 1 saturated carbocycles. The number of carbonyl (C=O) groups is 2. The number of carboxylic acid groups (broad SMARTS) is 1. The second kappa shape index (κ2) is 8.13. The molecule has 1 saturated heterocycles. The van der Waals surface area contributed by atoms with Crippen molar-refractivity contribution >= 4 is 11.9 Å². The van der Waals surface area contributed by atoms with E-state index in [0.717, 1.165) is 12.8 Å². The summed E-state index contributed by atoms with van der Waals surface area (Å²) in [5, 5.41) is 9.13. The van der Waals surface area contributed by atoms with Crippen molar-refractivity contribution in [2.45, 2.75) is 59.0 Å². The van der Waals surface area contributed by atoms with Crippen molar-refractivity contribution in [2.24, 2.45) is 23.7 Å². The van der Waals surface area contributed by atoms with Gasteiger partial charge in [0.05, 0.1) is 12.0 Å². The summed E-state index contributed by atoms with van der Waals surface area (Å²) >= 11 is 0. The van der Waals surface area contributed by atoms with Gasteiger partial charge in [0.2, 0.25) is 5.91 Å². The Bertz CT molecular complexity index is 423. The Morgan fingerprint density at radius 2 is 2.00 bits per heavy atom. The number of amides is 1. The number of rotatable bonds is 5. The van der Waals surface area contributed by atoms with Crippen LogP contribution in [0.2, 0.25) is 0 Å². The number of ether oxygens (including phenoxy) is 1. The van der Waals surface area contributed by atoms with Crippen LogP contribution in [0.25, 0.3) is 0 Å². The van der Waals surface area contributed by atoms with Crippen LogP contribution in [0.3, 0.4) is 0 Å². The highest BCUT2D eigenvalue weighted by Crippen LogP contribution is 2.35. The van der Waals surface area contributed by atoms with Gasteiger partial charge in [0, 0.05) is 13.1 Å². The highest BCUT2D eigenvalue weighted by atomic mass is 16.5. The van der Waals surface area contributed by atoms with Gasteiger partial charge in [-0.15, -0.1) is 0 Å². The maximum atomic E-state index is 12.4. The molecule has 2 rings (SSSR count). The molecule has 0 bridgehead atoms. The van der Waals surface area contributed by atoms with Gasteiger partial charge in [0.1, 0.15) is 6.61 Å². The van der Waals surface area contributed by atoms with Crippen molar-refractivity contribution in [3.63, 3.8) is 0 Å². The molecule has 0 aromatic rings. The van der Waals surface area contributed by atoms with Crippen molar-refractivity contribution in [1.29, 1.82) is 0 Å². The lowest BCUT2D eigenvalue weighted by Crippen LogP contribution is -2.45. The van der Waals surface area contributed by atoms with Crippen molar-refractivity contribution in [3.05, 3.63) is 0 Å². The first kappa shape index (κ1) is 18.2. The highest BCUT2D eigenvalue weighted by Gasteiger charge is 2.33. The fourth-order valence-electron chi connectivity index (χ4n) is 3.98. The first-order valence-corrected chi connectivity index (χ1v) is 9.00. The number of hydrogen-bond acceptors (Lipinski definition) is 3. The Labute approximate surface area is 139 Å². The molecule has 1 amide bonds. The molecule has 2 aliphatic rings. The van der Waals surface area contributed by atoms with Gasteiger partial charge in [-0.2, -0.15) is 0 Å². The summed E-state index contributed by atoms with van der Waals surface area (Å²) in [6.07, 6.45) is 5.01. The summed E-state index contributed by atoms with van der Waals surface area (Å²) in [5.74, 6) is 0.449. The van der Waals surface area contributed by atoms with Crippen LogP contribution >= 0.6 is 0 Å². The molecule has 132 valence electrons. The minimum atomic E-state index is -0.801. The fraction of sp³-hybridized carbons (Fsp3) is 0.889. The van der Waals surface area contributed by atoms with Gasteiger partial charge >= 0.3 is 5.97 Å². The Balaban J connectivity index is 1.86. The van der Waals surface area contributed by atoms with E-state index in [9.17, 15) is 9.59 Å². The van der Waals surface area contributed by atoms with Crippen molar-refractivity contribution in [2.75, 3.05) is 19.7 Å². The van der Waals surface area contributed by atoms with E-state index in [1.54, 1.807) is 4.90 Å². The summed E-state index contributed by atoms with van der Waals surface area (Å²) in [7, 11) is 0. The van der Waals surface area contributed by atoms with Crippen LogP contribution in [0.4, 0.5) is 0 Å². The number of piperidine rings is 1. The van der Waals surface area contributed by atoms with Gasteiger partial charge in [-0.25, -0.2) is 0 Å². The van der Waals surface area contributed by atoms with Gasteiger partial charge in [0.15, 0.2) is 0 Å². The van der Waals surface area contributed by atoms with E-state index < -0.39 is 11.9 Å². The molecule has 5 heteroatoms. The molecular weight excluding hydrogens is 294 g/mol. The molecule has 0 spiro atoms. The van der Waals surface area contributed by atoms with E-state index >= 15 is 0 Å². The summed E-state index contributed by atoms with van der Waals surface area (Å²) in [5.41, 5.74) is 0. The average molecular weight is 325 g/mol. The van der Waals surface area contributed by atoms with E-state index in [1.165, 1.54) is 12.8 Å². The third kappa shape index (κ3) is 4.93. The standard InChI is InChI=1S/C18H31NO4/c1-12(2)15-7-6-13(3)9-16(15)23-11-17(20)19-8-4-5-14(10-19)18(21)22/h12-16H,4-11H2,1-3H3,(H,21,22). The highest BCUT2D eigenvalue weighted by molar-refractivity contribution is 5.79. The molecule has 1 aliphatic carbocycles. The van der Waals surface area contributed by atoms with Gasteiger partial charge in [0.25, 0.3) is 0 Å². The molecule has 5 nitrogen and oxygen atoms in total. The van der Waals surface area contributed by atoms with E-state index in [1.807, 2.05) is 0 Å².